The van der Waals surface area contributed by atoms with E-state index in [1.54, 1.807) is 0 Å². The van der Waals surface area contributed by atoms with Crippen molar-refractivity contribution in [1.82, 2.24) is 4.90 Å². The Kier molecular flexibility index (Phi) is 7.09. The normalized spacial score (nSPS) is 13.3. The predicted octanol–water partition coefficient (Wildman–Crippen LogP) is 6.42. The first-order valence-electron chi connectivity index (χ1n) is 10.8. The van der Waals surface area contributed by atoms with Gasteiger partial charge in [0.2, 0.25) is 0 Å². The van der Waals surface area contributed by atoms with Crippen molar-refractivity contribution in [2.45, 2.75) is 46.6 Å². The summed E-state index contributed by atoms with van der Waals surface area (Å²) in [7, 11) is 0. The molecule has 0 aliphatic rings. The molecule has 0 bridgehead atoms. The molecule has 0 unspecified atom stereocenters. The molecule has 0 aliphatic heterocycles. The van der Waals surface area contributed by atoms with Crippen molar-refractivity contribution in [3.8, 4) is 0 Å². The Morgan fingerprint density at radius 2 is 1.32 bits per heavy atom. The molecule has 3 rings (SSSR count). The standard InChI is InChI=1S/C26H35NO/c1-19(2)13-15-27(16-14-20(3)4)18-26(28)23-12-11-22-10-9-21-7-5-6-8-24(21)25(22)17-23/h5-12,17,19-20,26,28H,13-16,18H2,1-4H3/t26-/m0/s1. The summed E-state index contributed by atoms with van der Waals surface area (Å²) in [6, 6.07) is 19.3. The number of aliphatic hydroxyl groups is 1. The number of rotatable bonds is 9. The molecular weight excluding hydrogens is 342 g/mol. The lowest BCUT2D eigenvalue weighted by atomic mass is 9.98. The highest BCUT2D eigenvalue weighted by atomic mass is 16.3. The van der Waals surface area contributed by atoms with Gasteiger partial charge in [-0.2, -0.15) is 0 Å². The lowest BCUT2D eigenvalue weighted by Crippen LogP contribution is -2.32. The zero-order valence-electron chi connectivity index (χ0n) is 17.9. The van der Waals surface area contributed by atoms with Crippen molar-refractivity contribution in [2.75, 3.05) is 19.6 Å². The lowest BCUT2D eigenvalue weighted by Gasteiger charge is -2.27. The molecule has 0 saturated carbocycles. The average molecular weight is 378 g/mol. The van der Waals surface area contributed by atoms with E-state index >= 15 is 0 Å². The number of hydrogen-bond acceptors (Lipinski definition) is 2. The van der Waals surface area contributed by atoms with Crippen LogP contribution in [-0.2, 0) is 0 Å². The van der Waals surface area contributed by atoms with E-state index in [0.29, 0.717) is 18.4 Å². The summed E-state index contributed by atoms with van der Waals surface area (Å²) in [4.78, 5) is 2.44. The molecule has 0 amide bonds. The van der Waals surface area contributed by atoms with Crippen LogP contribution in [-0.4, -0.2) is 29.6 Å². The Bertz CT molecular complexity index is 887. The third-order valence-corrected chi connectivity index (χ3v) is 5.63. The van der Waals surface area contributed by atoms with Crippen molar-refractivity contribution in [1.29, 1.82) is 0 Å². The average Bonchev–Trinajstić information content (AvgIpc) is 2.69. The summed E-state index contributed by atoms with van der Waals surface area (Å²) >= 11 is 0. The minimum absolute atomic E-state index is 0.456. The third kappa shape index (κ3) is 5.33. The van der Waals surface area contributed by atoms with Crippen molar-refractivity contribution in [3.63, 3.8) is 0 Å². The number of nitrogens with zero attached hydrogens (tertiary/aromatic N) is 1. The van der Waals surface area contributed by atoms with Gasteiger partial charge in [0.25, 0.3) is 0 Å². The lowest BCUT2D eigenvalue weighted by molar-refractivity contribution is 0.107. The van der Waals surface area contributed by atoms with Gasteiger partial charge in [-0.3, -0.25) is 0 Å². The molecule has 0 radical (unpaired) electrons. The molecule has 2 heteroatoms. The topological polar surface area (TPSA) is 23.5 Å². The molecule has 28 heavy (non-hydrogen) atoms. The van der Waals surface area contributed by atoms with Crippen molar-refractivity contribution >= 4 is 21.5 Å². The maximum Gasteiger partial charge on any atom is 0.0917 e. The second-order valence-corrected chi connectivity index (χ2v) is 8.95. The highest BCUT2D eigenvalue weighted by molar-refractivity contribution is 6.07. The summed E-state index contributed by atoms with van der Waals surface area (Å²) in [5.41, 5.74) is 1.02. The summed E-state index contributed by atoms with van der Waals surface area (Å²) in [6.07, 6.45) is 1.89. The van der Waals surface area contributed by atoms with Crippen molar-refractivity contribution in [3.05, 3.63) is 60.2 Å². The van der Waals surface area contributed by atoms with Crippen LogP contribution in [0, 0.1) is 11.8 Å². The minimum atomic E-state index is -0.456. The molecule has 150 valence electrons. The molecule has 0 heterocycles. The Morgan fingerprint density at radius 1 is 0.750 bits per heavy atom. The van der Waals surface area contributed by atoms with Gasteiger partial charge in [-0.1, -0.05) is 76.2 Å². The maximum atomic E-state index is 11.0. The van der Waals surface area contributed by atoms with E-state index < -0.39 is 6.10 Å². The van der Waals surface area contributed by atoms with Crippen LogP contribution < -0.4 is 0 Å². The fraction of sp³-hybridized carbons (Fsp3) is 0.462. The monoisotopic (exact) mass is 377 g/mol. The van der Waals surface area contributed by atoms with Crippen LogP contribution in [0.5, 0.6) is 0 Å². The highest BCUT2D eigenvalue weighted by Gasteiger charge is 2.15. The summed E-state index contributed by atoms with van der Waals surface area (Å²) in [5, 5.41) is 16.0. The molecule has 0 saturated heterocycles. The van der Waals surface area contributed by atoms with Crippen LogP contribution in [0.1, 0.15) is 52.2 Å². The van der Waals surface area contributed by atoms with Gasteiger partial charge in [0.1, 0.15) is 0 Å². The molecule has 2 nitrogen and oxygen atoms in total. The van der Waals surface area contributed by atoms with E-state index in [0.717, 1.165) is 18.7 Å². The number of benzene rings is 3. The SMILES string of the molecule is CC(C)CCN(CCC(C)C)C[C@H](O)c1ccc2ccc3ccccc3c2c1. The quantitative estimate of drug-likeness (QED) is 0.435. The molecular formula is C26H35NO. The molecule has 0 aliphatic carbocycles. The van der Waals surface area contributed by atoms with Gasteiger partial charge >= 0.3 is 0 Å². The summed E-state index contributed by atoms with van der Waals surface area (Å²) < 4.78 is 0. The van der Waals surface area contributed by atoms with Crippen LogP contribution in [0.25, 0.3) is 21.5 Å². The fourth-order valence-corrected chi connectivity index (χ4v) is 3.75. The number of aliphatic hydroxyl groups excluding tert-OH is 1. The van der Waals surface area contributed by atoms with E-state index in [-0.39, 0.29) is 0 Å². The van der Waals surface area contributed by atoms with E-state index in [9.17, 15) is 5.11 Å². The van der Waals surface area contributed by atoms with Crippen LogP contribution in [0.4, 0.5) is 0 Å². The van der Waals surface area contributed by atoms with Gasteiger partial charge in [-0.25, -0.2) is 0 Å². The van der Waals surface area contributed by atoms with Gasteiger partial charge in [-0.15, -0.1) is 0 Å². The van der Waals surface area contributed by atoms with Crippen LogP contribution in [0.2, 0.25) is 0 Å². The van der Waals surface area contributed by atoms with Crippen LogP contribution in [0.15, 0.2) is 54.6 Å². The van der Waals surface area contributed by atoms with Crippen LogP contribution >= 0.6 is 0 Å². The smallest absolute Gasteiger partial charge is 0.0917 e. The largest absolute Gasteiger partial charge is 0.387 e. The molecule has 1 N–H and O–H groups in total. The summed E-state index contributed by atoms with van der Waals surface area (Å²) in [6.45, 7) is 11.9. The highest BCUT2D eigenvalue weighted by Crippen LogP contribution is 2.28. The van der Waals surface area contributed by atoms with Gasteiger partial charge in [-0.05, 0) is 70.9 Å². The van der Waals surface area contributed by atoms with Gasteiger partial charge in [0.15, 0.2) is 0 Å². The molecule has 1 atom stereocenters. The molecule has 3 aromatic rings. The summed E-state index contributed by atoms with van der Waals surface area (Å²) in [5.74, 6) is 1.37. The maximum absolute atomic E-state index is 11.0. The Balaban J connectivity index is 1.81. The number of fused-ring (bicyclic) bond motifs is 3. The van der Waals surface area contributed by atoms with Gasteiger partial charge < -0.3 is 10.0 Å². The molecule has 0 fully saturated rings. The second kappa shape index (κ2) is 9.54. The predicted molar refractivity (Wildman–Crippen MR) is 122 cm³/mol. The third-order valence-electron chi connectivity index (χ3n) is 5.63. The molecule has 0 spiro atoms. The van der Waals surface area contributed by atoms with E-state index in [1.807, 2.05) is 0 Å². The Morgan fingerprint density at radius 3 is 1.96 bits per heavy atom. The minimum Gasteiger partial charge on any atom is -0.387 e. The van der Waals surface area contributed by atoms with Gasteiger partial charge in [0.05, 0.1) is 6.10 Å². The first-order chi connectivity index (χ1) is 13.4. The van der Waals surface area contributed by atoms with E-state index in [2.05, 4.69) is 87.2 Å². The first-order valence-corrected chi connectivity index (χ1v) is 10.8. The van der Waals surface area contributed by atoms with E-state index in [1.165, 1.54) is 34.4 Å². The van der Waals surface area contributed by atoms with Crippen molar-refractivity contribution < 1.29 is 5.11 Å². The Labute approximate surface area is 170 Å². The molecule has 0 aromatic heterocycles. The zero-order chi connectivity index (χ0) is 20.1. The second-order valence-electron chi connectivity index (χ2n) is 8.95. The number of hydrogen-bond donors (Lipinski definition) is 1. The fourth-order valence-electron chi connectivity index (χ4n) is 3.75. The zero-order valence-corrected chi connectivity index (χ0v) is 17.9. The van der Waals surface area contributed by atoms with Gasteiger partial charge in [0, 0.05) is 6.54 Å². The van der Waals surface area contributed by atoms with Crippen LogP contribution in [0.3, 0.4) is 0 Å². The Hall–Kier alpha value is -1.90. The molecule has 3 aromatic carbocycles. The van der Waals surface area contributed by atoms with E-state index in [4.69, 9.17) is 0 Å². The first kappa shape index (κ1) is 20.8. The van der Waals surface area contributed by atoms with Crippen molar-refractivity contribution in [2.24, 2.45) is 11.8 Å².